The normalized spacial score (nSPS) is 14.2. The van der Waals surface area contributed by atoms with Crippen molar-refractivity contribution in [3.05, 3.63) is 52.7 Å². The lowest BCUT2D eigenvalue weighted by atomic mass is 9.96. The molecule has 0 spiro atoms. The number of nitrogens with one attached hydrogen (secondary N) is 2. The Balaban J connectivity index is 2.07. The summed E-state index contributed by atoms with van der Waals surface area (Å²) >= 11 is 0. The molecule has 0 radical (unpaired) electrons. The van der Waals surface area contributed by atoms with Gasteiger partial charge in [-0.2, -0.15) is 0 Å². The van der Waals surface area contributed by atoms with Crippen molar-refractivity contribution in [3.8, 4) is 5.75 Å². The quantitative estimate of drug-likeness (QED) is 0.468. The minimum atomic E-state index is -1.14. The first-order valence-electron chi connectivity index (χ1n) is 8.52. The minimum Gasteiger partial charge on any atom is -0.505 e. The van der Waals surface area contributed by atoms with Crippen molar-refractivity contribution in [2.24, 2.45) is 4.99 Å². The third-order valence-corrected chi connectivity index (χ3v) is 4.00. The van der Waals surface area contributed by atoms with E-state index in [-0.39, 0.29) is 18.8 Å². The summed E-state index contributed by atoms with van der Waals surface area (Å²) in [5.41, 5.74) is 0.215. The molecule has 2 aromatic rings. The molecule has 6 nitrogen and oxygen atoms in total. The van der Waals surface area contributed by atoms with E-state index in [1.807, 2.05) is 26.8 Å². The number of aromatic hydroxyl groups is 1. The minimum absolute atomic E-state index is 0.225. The second kappa shape index (κ2) is 8.23. The highest BCUT2D eigenvalue weighted by atomic mass is 19.1. The first-order valence-corrected chi connectivity index (χ1v) is 8.52. The van der Waals surface area contributed by atoms with Gasteiger partial charge in [0.15, 0.2) is 17.5 Å². The predicted octanol–water partition coefficient (Wildman–Crippen LogP) is 2.70. The topological polar surface area (TPSA) is 90.0 Å². The van der Waals surface area contributed by atoms with Crippen molar-refractivity contribution in [1.29, 1.82) is 0 Å². The highest BCUT2D eigenvalue weighted by Gasteiger charge is 2.27. The molecule has 1 heterocycles. The standard InChI is InChI=1S/C19H26FN3O3/c1-5-21-18(22-10-14-6-7-17(24)16(20)9-14)23-11-19(4,25)15-8-12(2)26-13(15)3/h6-9,24-25H,5,10-11H2,1-4H3,(H2,21,22,23). The van der Waals surface area contributed by atoms with Crippen molar-refractivity contribution in [1.82, 2.24) is 10.6 Å². The van der Waals surface area contributed by atoms with Crippen molar-refractivity contribution in [2.75, 3.05) is 13.1 Å². The van der Waals surface area contributed by atoms with Crippen LogP contribution in [0.15, 0.2) is 33.7 Å². The zero-order valence-corrected chi connectivity index (χ0v) is 15.6. The van der Waals surface area contributed by atoms with Crippen LogP contribution in [0.5, 0.6) is 5.75 Å². The third kappa shape index (κ3) is 4.98. The summed E-state index contributed by atoms with van der Waals surface area (Å²) in [4.78, 5) is 4.39. The van der Waals surface area contributed by atoms with Crippen molar-refractivity contribution < 1.29 is 19.0 Å². The van der Waals surface area contributed by atoms with E-state index in [0.717, 1.165) is 11.3 Å². The average molecular weight is 363 g/mol. The van der Waals surface area contributed by atoms with Crippen molar-refractivity contribution in [2.45, 2.75) is 39.8 Å². The Kier molecular flexibility index (Phi) is 6.26. The lowest BCUT2D eigenvalue weighted by Gasteiger charge is -2.24. The summed E-state index contributed by atoms with van der Waals surface area (Å²) in [6.07, 6.45) is 0. The first-order chi connectivity index (χ1) is 12.2. The number of phenolic OH excluding ortho intramolecular Hbond substituents is 1. The lowest BCUT2D eigenvalue weighted by Crippen LogP contribution is -2.44. The Morgan fingerprint density at radius 2 is 2.00 bits per heavy atom. The van der Waals surface area contributed by atoms with Crippen LogP contribution in [0.2, 0.25) is 0 Å². The van der Waals surface area contributed by atoms with Crippen LogP contribution in [-0.2, 0) is 12.1 Å². The number of guanidine groups is 1. The second-order valence-corrected chi connectivity index (χ2v) is 6.44. The van der Waals surface area contributed by atoms with E-state index in [9.17, 15) is 14.6 Å². The number of nitrogens with zero attached hydrogens (tertiary/aromatic N) is 1. The highest BCUT2D eigenvalue weighted by Crippen LogP contribution is 2.26. The fraction of sp³-hybridized carbons (Fsp3) is 0.421. The summed E-state index contributed by atoms with van der Waals surface area (Å²) in [5.74, 6) is 0.858. The van der Waals surface area contributed by atoms with E-state index in [0.29, 0.717) is 23.8 Å². The maximum absolute atomic E-state index is 13.4. The Bertz CT molecular complexity index is 784. The number of halogens is 1. The molecule has 7 heteroatoms. The highest BCUT2D eigenvalue weighted by molar-refractivity contribution is 5.79. The molecule has 0 saturated carbocycles. The SMILES string of the molecule is CCNC(=NCc1ccc(O)c(F)c1)NCC(C)(O)c1cc(C)oc1C. The molecule has 1 aromatic heterocycles. The van der Waals surface area contributed by atoms with Gasteiger partial charge >= 0.3 is 0 Å². The van der Waals surface area contributed by atoms with Crippen molar-refractivity contribution in [3.63, 3.8) is 0 Å². The molecule has 0 aliphatic heterocycles. The fourth-order valence-corrected chi connectivity index (χ4v) is 2.68. The van der Waals surface area contributed by atoms with Gasteiger partial charge in [-0.15, -0.1) is 0 Å². The zero-order valence-electron chi connectivity index (χ0n) is 15.6. The molecular formula is C19H26FN3O3. The number of benzene rings is 1. The Morgan fingerprint density at radius 3 is 2.58 bits per heavy atom. The summed E-state index contributed by atoms with van der Waals surface area (Å²) in [6.45, 7) is 8.38. The van der Waals surface area contributed by atoms with Crippen LogP contribution >= 0.6 is 0 Å². The van der Waals surface area contributed by atoms with Crippen LogP contribution in [0.4, 0.5) is 4.39 Å². The monoisotopic (exact) mass is 363 g/mol. The summed E-state index contributed by atoms with van der Waals surface area (Å²) < 4.78 is 18.9. The van der Waals surface area contributed by atoms with Crippen LogP contribution < -0.4 is 10.6 Å². The third-order valence-electron chi connectivity index (χ3n) is 4.00. The van der Waals surface area contributed by atoms with Crippen LogP contribution in [0.1, 0.15) is 36.5 Å². The van der Waals surface area contributed by atoms with Crippen molar-refractivity contribution >= 4 is 5.96 Å². The number of aryl methyl sites for hydroxylation is 2. The van der Waals surface area contributed by atoms with E-state index in [1.54, 1.807) is 13.0 Å². The molecule has 142 valence electrons. The largest absolute Gasteiger partial charge is 0.505 e. The first kappa shape index (κ1) is 19.8. The molecule has 0 fully saturated rings. The summed E-state index contributed by atoms with van der Waals surface area (Å²) in [6, 6.07) is 5.98. The number of rotatable bonds is 6. The maximum Gasteiger partial charge on any atom is 0.191 e. The molecule has 0 aliphatic rings. The van der Waals surface area contributed by atoms with Gasteiger partial charge in [-0.1, -0.05) is 6.07 Å². The van der Waals surface area contributed by atoms with E-state index in [4.69, 9.17) is 4.42 Å². The number of phenols is 1. The molecule has 4 N–H and O–H groups in total. The van der Waals surface area contributed by atoms with Gasteiger partial charge in [0.2, 0.25) is 0 Å². The van der Waals surface area contributed by atoms with Crippen LogP contribution in [-0.4, -0.2) is 29.3 Å². The molecule has 2 rings (SSSR count). The Morgan fingerprint density at radius 1 is 1.27 bits per heavy atom. The molecule has 0 bridgehead atoms. The average Bonchev–Trinajstić information content (AvgIpc) is 2.92. The number of aliphatic hydroxyl groups is 1. The molecule has 1 atom stereocenters. The Hall–Kier alpha value is -2.54. The Labute approximate surface area is 152 Å². The summed E-state index contributed by atoms with van der Waals surface area (Å²) in [7, 11) is 0. The molecule has 1 aromatic carbocycles. The number of hydrogen-bond acceptors (Lipinski definition) is 4. The van der Waals surface area contributed by atoms with Gasteiger partial charge in [-0.25, -0.2) is 9.38 Å². The van der Waals surface area contributed by atoms with Gasteiger partial charge in [0, 0.05) is 12.1 Å². The van der Waals surface area contributed by atoms with E-state index >= 15 is 0 Å². The van der Waals surface area contributed by atoms with Crippen LogP contribution in [0, 0.1) is 19.7 Å². The van der Waals surface area contributed by atoms with E-state index in [2.05, 4.69) is 15.6 Å². The van der Waals surface area contributed by atoms with Crippen LogP contribution in [0.25, 0.3) is 0 Å². The maximum atomic E-state index is 13.4. The fourth-order valence-electron chi connectivity index (χ4n) is 2.68. The molecule has 0 saturated heterocycles. The van der Waals surface area contributed by atoms with Gasteiger partial charge in [0.25, 0.3) is 0 Å². The van der Waals surface area contributed by atoms with E-state index in [1.165, 1.54) is 12.1 Å². The lowest BCUT2D eigenvalue weighted by molar-refractivity contribution is 0.0601. The number of hydrogen-bond donors (Lipinski definition) is 4. The van der Waals surface area contributed by atoms with E-state index < -0.39 is 11.4 Å². The van der Waals surface area contributed by atoms with Gasteiger partial charge in [-0.3, -0.25) is 0 Å². The molecule has 0 aliphatic carbocycles. The van der Waals surface area contributed by atoms with Gasteiger partial charge in [0.05, 0.1) is 13.1 Å². The number of furan rings is 1. The van der Waals surface area contributed by atoms with Gasteiger partial charge < -0.3 is 25.3 Å². The number of aliphatic imine (C=N–C) groups is 1. The molecular weight excluding hydrogens is 337 g/mol. The molecule has 26 heavy (non-hydrogen) atoms. The summed E-state index contributed by atoms with van der Waals surface area (Å²) in [5, 5.41) is 26.2. The zero-order chi connectivity index (χ0) is 19.3. The molecule has 1 unspecified atom stereocenters. The molecule has 0 amide bonds. The second-order valence-electron chi connectivity index (χ2n) is 6.44. The van der Waals surface area contributed by atoms with Gasteiger partial charge in [0.1, 0.15) is 17.1 Å². The van der Waals surface area contributed by atoms with Crippen LogP contribution in [0.3, 0.4) is 0 Å². The smallest absolute Gasteiger partial charge is 0.191 e. The van der Waals surface area contributed by atoms with Gasteiger partial charge in [-0.05, 0) is 51.5 Å². The predicted molar refractivity (Wildman–Crippen MR) is 98.6 cm³/mol.